The second-order valence-corrected chi connectivity index (χ2v) is 10.7. The number of aryl methyl sites for hydroxylation is 4. The van der Waals surface area contributed by atoms with Crippen LogP contribution in [0.3, 0.4) is 0 Å². The Morgan fingerprint density at radius 3 is 2.45 bits per heavy atom. The van der Waals surface area contributed by atoms with E-state index in [2.05, 4.69) is 21.7 Å². The van der Waals surface area contributed by atoms with Crippen LogP contribution in [0.4, 0.5) is 19.0 Å². The van der Waals surface area contributed by atoms with Crippen molar-refractivity contribution in [3.05, 3.63) is 57.8 Å². The minimum Gasteiger partial charge on any atom is -0.480 e. The fourth-order valence-corrected chi connectivity index (χ4v) is 5.59. The van der Waals surface area contributed by atoms with Crippen molar-refractivity contribution < 1.29 is 32.7 Å². The van der Waals surface area contributed by atoms with Crippen LogP contribution in [0.2, 0.25) is 0 Å². The number of aromatic nitrogens is 1. The molecule has 1 aromatic carbocycles. The third-order valence-electron chi connectivity index (χ3n) is 7.77. The Morgan fingerprint density at radius 2 is 1.82 bits per heavy atom. The molecule has 8 nitrogen and oxygen atoms in total. The Bertz CT molecular complexity index is 1250. The number of carbonyl (C=O) groups is 3. The number of likely N-dealkylation sites (tertiary alicyclic amines) is 1. The molecule has 1 atom stereocenters. The van der Waals surface area contributed by atoms with Crippen molar-refractivity contribution in [3.8, 4) is 0 Å². The lowest BCUT2D eigenvalue weighted by atomic mass is 9.89. The summed E-state index contributed by atoms with van der Waals surface area (Å²) >= 11 is 0. The first kappa shape index (κ1) is 29.4. The standard InChI is InChI=1S/C29H35F3N4O4/c1-17-14-21(29(30,31)32)15-18(2)25(17)27(38)35-23(28(39)40)16-19-9-12-36(13-10-19)24(37)8-7-22-6-5-20-4-3-11-33-26(20)34-22/h5-6,14-15,19,23H,3-4,7-13,16H2,1-2H3,(H,33,34)(H,35,38)(H,39,40). The summed E-state index contributed by atoms with van der Waals surface area (Å²) in [6.07, 6.45) is -0.187. The van der Waals surface area contributed by atoms with E-state index in [1.54, 1.807) is 4.90 Å². The molecule has 1 saturated heterocycles. The number of carbonyl (C=O) groups excluding carboxylic acids is 2. The van der Waals surface area contributed by atoms with Crippen LogP contribution in [0.25, 0.3) is 0 Å². The van der Waals surface area contributed by atoms with Gasteiger partial charge in [-0.25, -0.2) is 9.78 Å². The molecule has 40 heavy (non-hydrogen) atoms. The fraction of sp³-hybridized carbons (Fsp3) is 0.517. The number of nitrogens with one attached hydrogen (secondary N) is 2. The smallest absolute Gasteiger partial charge is 0.416 e. The van der Waals surface area contributed by atoms with Gasteiger partial charge >= 0.3 is 12.1 Å². The average Bonchev–Trinajstić information content (AvgIpc) is 2.90. The van der Waals surface area contributed by atoms with Gasteiger partial charge in [-0.1, -0.05) is 6.07 Å². The van der Waals surface area contributed by atoms with Crippen molar-refractivity contribution in [3.63, 3.8) is 0 Å². The number of fused-ring (bicyclic) bond motifs is 1. The average molecular weight is 561 g/mol. The highest BCUT2D eigenvalue weighted by atomic mass is 19.4. The van der Waals surface area contributed by atoms with Gasteiger partial charge in [-0.3, -0.25) is 9.59 Å². The molecule has 3 heterocycles. The van der Waals surface area contributed by atoms with Crippen molar-refractivity contribution in [2.45, 2.75) is 71.0 Å². The molecular formula is C29H35F3N4O4. The van der Waals surface area contributed by atoms with E-state index in [0.29, 0.717) is 38.8 Å². The summed E-state index contributed by atoms with van der Waals surface area (Å²) in [5, 5.41) is 15.5. The summed E-state index contributed by atoms with van der Waals surface area (Å²) in [7, 11) is 0. The number of alkyl halides is 3. The van der Waals surface area contributed by atoms with Gasteiger partial charge in [0.15, 0.2) is 0 Å². The van der Waals surface area contributed by atoms with Crippen molar-refractivity contribution >= 4 is 23.6 Å². The minimum atomic E-state index is -4.54. The molecular weight excluding hydrogens is 525 g/mol. The number of halogens is 3. The summed E-state index contributed by atoms with van der Waals surface area (Å²) in [5.41, 5.74) is 1.51. The van der Waals surface area contributed by atoms with Crippen LogP contribution in [0.5, 0.6) is 0 Å². The van der Waals surface area contributed by atoms with Crippen molar-refractivity contribution in [1.29, 1.82) is 0 Å². The zero-order chi connectivity index (χ0) is 29.0. The van der Waals surface area contributed by atoms with Crippen LogP contribution in [0.15, 0.2) is 24.3 Å². The number of piperidine rings is 1. The minimum absolute atomic E-state index is 0.0198. The van der Waals surface area contributed by atoms with Crippen LogP contribution >= 0.6 is 0 Å². The monoisotopic (exact) mass is 560 g/mol. The van der Waals surface area contributed by atoms with Gasteiger partial charge in [-0.05, 0) is 93.2 Å². The van der Waals surface area contributed by atoms with Gasteiger partial charge in [0.1, 0.15) is 11.9 Å². The molecule has 2 aromatic rings. The molecule has 2 aliphatic rings. The molecule has 1 unspecified atom stereocenters. The predicted octanol–water partition coefficient (Wildman–Crippen LogP) is 4.52. The van der Waals surface area contributed by atoms with E-state index in [1.165, 1.54) is 19.4 Å². The van der Waals surface area contributed by atoms with Gasteiger partial charge in [0.25, 0.3) is 5.91 Å². The summed E-state index contributed by atoms with van der Waals surface area (Å²) in [4.78, 5) is 44.1. The van der Waals surface area contributed by atoms with Gasteiger partial charge in [-0.15, -0.1) is 0 Å². The van der Waals surface area contributed by atoms with E-state index >= 15 is 0 Å². The number of hydrogen-bond acceptors (Lipinski definition) is 5. The molecule has 0 radical (unpaired) electrons. The van der Waals surface area contributed by atoms with Crippen LogP contribution in [-0.4, -0.2) is 58.5 Å². The summed E-state index contributed by atoms with van der Waals surface area (Å²) in [6.45, 7) is 4.70. The van der Waals surface area contributed by atoms with Crippen molar-refractivity contribution in [2.24, 2.45) is 5.92 Å². The maximum absolute atomic E-state index is 13.1. The van der Waals surface area contributed by atoms with Crippen molar-refractivity contribution in [1.82, 2.24) is 15.2 Å². The largest absolute Gasteiger partial charge is 0.480 e. The molecule has 216 valence electrons. The number of hydrogen-bond donors (Lipinski definition) is 3. The zero-order valence-electron chi connectivity index (χ0n) is 22.7. The van der Waals surface area contributed by atoms with Crippen molar-refractivity contribution in [2.75, 3.05) is 25.0 Å². The molecule has 2 aliphatic heterocycles. The molecule has 0 aliphatic carbocycles. The van der Waals surface area contributed by atoms with Crippen LogP contribution < -0.4 is 10.6 Å². The number of rotatable bonds is 8. The number of pyridine rings is 1. The Morgan fingerprint density at radius 1 is 1.15 bits per heavy atom. The highest BCUT2D eigenvalue weighted by Crippen LogP contribution is 2.32. The SMILES string of the molecule is Cc1cc(C(F)(F)F)cc(C)c1C(=O)NC(CC1CCN(C(=O)CCc2ccc3c(n2)NCCC3)CC1)C(=O)O. The highest BCUT2D eigenvalue weighted by Gasteiger charge is 2.33. The Labute approximate surface area is 231 Å². The van der Waals surface area contributed by atoms with Gasteiger partial charge in [-0.2, -0.15) is 13.2 Å². The first-order valence-corrected chi connectivity index (χ1v) is 13.6. The molecule has 2 amide bonds. The molecule has 0 spiro atoms. The number of amides is 2. The lowest BCUT2D eigenvalue weighted by Gasteiger charge is -2.33. The fourth-order valence-electron chi connectivity index (χ4n) is 5.59. The van der Waals surface area contributed by atoms with Gasteiger partial charge in [0.05, 0.1) is 5.56 Å². The molecule has 0 bridgehead atoms. The van der Waals surface area contributed by atoms with Crippen LogP contribution in [-0.2, 0) is 28.6 Å². The Kier molecular flexibility index (Phi) is 9.00. The summed E-state index contributed by atoms with van der Waals surface area (Å²) in [5.74, 6) is -1.01. The predicted molar refractivity (Wildman–Crippen MR) is 143 cm³/mol. The third kappa shape index (κ3) is 7.11. The van der Waals surface area contributed by atoms with E-state index in [-0.39, 0.29) is 34.9 Å². The first-order chi connectivity index (χ1) is 18.9. The number of benzene rings is 1. The number of aliphatic carboxylic acids is 1. The summed E-state index contributed by atoms with van der Waals surface area (Å²) in [6, 6.07) is 4.63. The van der Waals surface area contributed by atoms with E-state index < -0.39 is 29.7 Å². The number of nitrogens with zero attached hydrogens (tertiary/aromatic N) is 2. The summed E-state index contributed by atoms with van der Waals surface area (Å²) < 4.78 is 39.3. The third-order valence-corrected chi connectivity index (χ3v) is 7.77. The van der Waals surface area contributed by atoms with E-state index in [0.717, 1.165) is 43.0 Å². The van der Waals surface area contributed by atoms with Gasteiger partial charge in [0, 0.05) is 37.3 Å². The normalized spacial score (nSPS) is 16.6. The number of carboxylic acid groups (broad SMARTS) is 1. The lowest BCUT2D eigenvalue weighted by molar-refractivity contribution is -0.140. The maximum atomic E-state index is 13.1. The van der Waals surface area contributed by atoms with Crippen LogP contribution in [0.1, 0.15) is 70.4 Å². The second kappa shape index (κ2) is 12.3. The number of carboxylic acids is 1. The Balaban J connectivity index is 1.28. The van der Waals surface area contributed by atoms with E-state index in [4.69, 9.17) is 0 Å². The maximum Gasteiger partial charge on any atom is 0.416 e. The first-order valence-electron chi connectivity index (χ1n) is 13.6. The molecule has 3 N–H and O–H groups in total. The highest BCUT2D eigenvalue weighted by molar-refractivity contribution is 5.99. The zero-order valence-corrected chi connectivity index (χ0v) is 22.7. The molecule has 1 fully saturated rings. The van der Waals surface area contributed by atoms with E-state index in [9.17, 15) is 32.7 Å². The van der Waals surface area contributed by atoms with Crippen LogP contribution in [0, 0.1) is 19.8 Å². The number of anilines is 1. The molecule has 1 aromatic heterocycles. The Hall–Kier alpha value is -3.63. The lowest BCUT2D eigenvalue weighted by Crippen LogP contribution is -2.45. The van der Waals surface area contributed by atoms with Gasteiger partial charge in [0.2, 0.25) is 5.91 Å². The molecule has 11 heteroatoms. The second-order valence-electron chi connectivity index (χ2n) is 10.7. The topological polar surface area (TPSA) is 112 Å². The molecule has 0 saturated carbocycles. The van der Waals surface area contributed by atoms with E-state index in [1.807, 2.05) is 6.07 Å². The molecule has 4 rings (SSSR count). The quantitative estimate of drug-likeness (QED) is 0.438. The van der Waals surface area contributed by atoms with Gasteiger partial charge < -0.3 is 20.6 Å².